The van der Waals surface area contributed by atoms with E-state index in [9.17, 15) is 9.59 Å². The predicted octanol–water partition coefficient (Wildman–Crippen LogP) is 3.47. The van der Waals surface area contributed by atoms with Crippen molar-refractivity contribution in [2.45, 2.75) is 12.8 Å². The normalized spacial score (nSPS) is 16.0. The van der Waals surface area contributed by atoms with E-state index in [1.54, 1.807) is 29.2 Å². The molecule has 7 heteroatoms. The molecule has 7 nitrogen and oxygen atoms in total. The number of nitrogens with zero attached hydrogens (tertiary/aromatic N) is 2. The van der Waals surface area contributed by atoms with Gasteiger partial charge in [-0.3, -0.25) is 4.79 Å². The molecule has 0 bridgehead atoms. The van der Waals surface area contributed by atoms with Crippen LogP contribution in [0.3, 0.4) is 0 Å². The Labute approximate surface area is 163 Å². The summed E-state index contributed by atoms with van der Waals surface area (Å²) in [6.07, 6.45) is 1.52. The molecule has 1 fully saturated rings. The van der Waals surface area contributed by atoms with Gasteiger partial charge in [-0.2, -0.15) is 5.26 Å². The second kappa shape index (κ2) is 9.42. The van der Waals surface area contributed by atoms with Gasteiger partial charge in [-0.15, -0.1) is 0 Å². The van der Waals surface area contributed by atoms with E-state index in [4.69, 9.17) is 10.00 Å². The number of nitriles is 1. The second-order valence-electron chi connectivity index (χ2n) is 6.54. The van der Waals surface area contributed by atoms with Gasteiger partial charge in [0.25, 0.3) is 0 Å². The minimum Gasteiger partial charge on any atom is -0.479 e. The lowest BCUT2D eigenvalue weighted by molar-refractivity contribution is -0.121. The van der Waals surface area contributed by atoms with Gasteiger partial charge in [-0.25, -0.2) is 4.79 Å². The summed E-state index contributed by atoms with van der Waals surface area (Å²) in [7, 11) is 0. The number of urea groups is 1. The van der Waals surface area contributed by atoms with Crippen LogP contribution in [0.25, 0.3) is 0 Å². The number of para-hydroxylation sites is 1. The van der Waals surface area contributed by atoms with Crippen LogP contribution in [0.4, 0.5) is 16.2 Å². The molecule has 2 aromatic rings. The largest absolute Gasteiger partial charge is 0.479 e. The Morgan fingerprint density at radius 3 is 2.50 bits per heavy atom. The first-order chi connectivity index (χ1) is 13.7. The van der Waals surface area contributed by atoms with Crippen LogP contribution in [0.5, 0.6) is 5.75 Å². The van der Waals surface area contributed by atoms with Crippen molar-refractivity contribution >= 4 is 23.3 Å². The first kappa shape index (κ1) is 19.2. The highest BCUT2D eigenvalue weighted by molar-refractivity contribution is 5.94. The van der Waals surface area contributed by atoms with Crippen LogP contribution in [0.2, 0.25) is 0 Å². The summed E-state index contributed by atoms with van der Waals surface area (Å²) in [6, 6.07) is 17.8. The molecular weight excluding hydrogens is 356 g/mol. The van der Waals surface area contributed by atoms with Gasteiger partial charge in [0.1, 0.15) is 11.8 Å². The Morgan fingerprint density at radius 1 is 1.07 bits per heavy atom. The predicted molar refractivity (Wildman–Crippen MR) is 106 cm³/mol. The first-order valence-electron chi connectivity index (χ1n) is 9.17. The quantitative estimate of drug-likeness (QED) is 0.833. The van der Waals surface area contributed by atoms with E-state index in [1.165, 1.54) is 0 Å². The third-order valence-corrected chi connectivity index (χ3v) is 4.53. The molecule has 144 valence electrons. The van der Waals surface area contributed by atoms with Crippen LogP contribution >= 0.6 is 0 Å². The fraction of sp³-hybridized carbons (Fsp3) is 0.286. The van der Waals surface area contributed by atoms with Gasteiger partial charge in [0.2, 0.25) is 5.91 Å². The summed E-state index contributed by atoms with van der Waals surface area (Å²) in [5, 5.41) is 14.3. The summed E-state index contributed by atoms with van der Waals surface area (Å²) in [5.74, 6) is 0.202. The average molecular weight is 378 g/mol. The van der Waals surface area contributed by atoms with Crippen LogP contribution in [-0.4, -0.2) is 36.5 Å². The van der Waals surface area contributed by atoms with Crippen LogP contribution < -0.4 is 15.4 Å². The number of amides is 3. The van der Waals surface area contributed by atoms with Crippen LogP contribution in [0.1, 0.15) is 12.8 Å². The molecule has 1 saturated heterocycles. The van der Waals surface area contributed by atoms with Gasteiger partial charge < -0.3 is 20.3 Å². The Hall–Kier alpha value is -3.53. The first-order valence-corrected chi connectivity index (χ1v) is 9.17. The van der Waals surface area contributed by atoms with Crippen molar-refractivity contribution < 1.29 is 14.3 Å². The fourth-order valence-corrected chi connectivity index (χ4v) is 3.09. The molecule has 1 atom stereocenters. The number of hydrogen-bond acceptors (Lipinski definition) is 4. The molecule has 0 aliphatic carbocycles. The van der Waals surface area contributed by atoms with Gasteiger partial charge in [0, 0.05) is 24.5 Å². The number of likely N-dealkylation sites (tertiary alicyclic amines) is 1. The van der Waals surface area contributed by atoms with Gasteiger partial charge >= 0.3 is 6.03 Å². The maximum Gasteiger partial charge on any atom is 0.321 e. The number of carbonyl (C=O) groups excluding carboxylic acids is 2. The van der Waals surface area contributed by atoms with Crippen molar-refractivity contribution in [1.82, 2.24) is 4.90 Å². The lowest BCUT2D eigenvalue weighted by atomic mass is 9.97. The van der Waals surface area contributed by atoms with Crippen molar-refractivity contribution in [3.05, 3.63) is 54.6 Å². The minimum atomic E-state index is -0.259. The van der Waals surface area contributed by atoms with E-state index in [1.807, 2.05) is 36.4 Å². The molecule has 0 saturated carbocycles. The van der Waals surface area contributed by atoms with E-state index < -0.39 is 0 Å². The van der Waals surface area contributed by atoms with Crippen molar-refractivity contribution in [2.24, 2.45) is 5.92 Å². The number of ether oxygens (including phenoxy) is 1. The summed E-state index contributed by atoms with van der Waals surface area (Å²) in [4.78, 5) is 26.8. The fourth-order valence-electron chi connectivity index (χ4n) is 3.09. The van der Waals surface area contributed by atoms with Crippen LogP contribution in [0.15, 0.2) is 54.6 Å². The van der Waals surface area contributed by atoms with Crippen LogP contribution in [-0.2, 0) is 4.79 Å². The van der Waals surface area contributed by atoms with Gasteiger partial charge in [0.15, 0.2) is 6.61 Å². The summed E-state index contributed by atoms with van der Waals surface area (Å²) in [5.41, 5.74) is 1.39. The lowest BCUT2D eigenvalue weighted by Crippen LogP contribution is -2.45. The second-order valence-corrected chi connectivity index (χ2v) is 6.54. The molecule has 0 radical (unpaired) electrons. The Balaban J connectivity index is 1.54. The molecule has 2 N–H and O–H groups in total. The Bertz CT molecular complexity index is 846. The van der Waals surface area contributed by atoms with Gasteiger partial charge in [0.05, 0.1) is 5.92 Å². The molecule has 3 rings (SSSR count). The van der Waals surface area contributed by atoms with Crippen LogP contribution in [0, 0.1) is 17.2 Å². The molecular formula is C21H22N4O3. The zero-order chi connectivity index (χ0) is 19.8. The number of nitrogens with one attached hydrogen (secondary N) is 2. The monoisotopic (exact) mass is 378 g/mol. The molecule has 0 unspecified atom stereocenters. The van der Waals surface area contributed by atoms with E-state index in [2.05, 4.69) is 10.6 Å². The molecule has 1 heterocycles. The highest BCUT2D eigenvalue weighted by Gasteiger charge is 2.28. The minimum absolute atomic E-state index is 0.0192. The maximum absolute atomic E-state index is 12.6. The summed E-state index contributed by atoms with van der Waals surface area (Å²) in [6.45, 7) is 0.996. The SMILES string of the molecule is N#CCOc1ccc(NC(=O)[C@H]2CCCN(C(=O)Nc3ccccc3)C2)cc1. The van der Waals surface area contributed by atoms with Gasteiger partial charge in [-0.05, 0) is 49.2 Å². The highest BCUT2D eigenvalue weighted by Crippen LogP contribution is 2.21. The topological polar surface area (TPSA) is 94.5 Å². The Kier molecular flexibility index (Phi) is 6.47. The number of benzene rings is 2. The van der Waals surface area contributed by atoms with E-state index in [0.29, 0.717) is 24.5 Å². The van der Waals surface area contributed by atoms with E-state index in [0.717, 1.165) is 18.5 Å². The number of carbonyl (C=O) groups is 2. The van der Waals surface area contributed by atoms with Crippen molar-refractivity contribution in [3.8, 4) is 11.8 Å². The Morgan fingerprint density at radius 2 is 1.79 bits per heavy atom. The van der Waals surface area contributed by atoms with Crippen molar-refractivity contribution in [3.63, 3.8) is 0 Å². The third-order valence-electron chi connectivity index (χ3n) is 4.53. The number of anilines is 2. The van der Waals surface area contributed by atoms with E-state index in [-0.39, 0.29) is 24.5 Å². The molecule has 1 aliphatic rings. The average Bonchev–Trinajstić information content (AvgIpc) is 2.74. The standard InChI is InChI=1S/C21H22N4O3/c22-12-14-28-19-10-8-18(9-11-19)23-20(26)16-5-4-13-25(15-16)21(27)24-17-6-2-1-3-7-17/h1-3,6-11,16H,4-5,13-15H2,(H,23,26)(H,24,27)/t16-/m0/s1. The lowest BCUT2D eigenvalue weighted by Gasteiger charge is -2.32. The van der Waals surface area contributed by atoms with Gasteiger partial charge in [-0.1, -0.05) is 18.2 Å². The molecule has 0 aromatic heterocycles. The molecule has 3 amide bonds. The number of rotatable bonds is 5. The zero-order valence-electron chi connectivity index (χ0n) is 15.4. The highest BCUT2D eigenvalue weighted by atomic mass is 16.5. The third kappa shape index (κ3) is 5.24. The number of piperidine rings is 1. The molecule has 28 heavy (non-hydrogen) atoms. The summed E-state index contributed by atoms with van der Waals surface area (Å²) < 4.78 is 5.20. The smallest absolute Gasteiger partial charge is 0.321 e. The molecule has 0 spiro atoms. The van der Waals surface area contributed by atoms with Crippen molar-refractivity contribution in [1.29, 1.82) is 5.26 Å². The van der Waals surface area contributed by atoms with Crippen molar-refractivity contribution in [2.75, 3.05) is 30.3 Å². The zero-order valence-corrected chi connectivity index (χ0v) is 15.4. The maximum atomic E-state index is 12.6. The summed E-state index contributed by atoms with van der Waals surface area (Å²) >= 11 is 0. The van der Waals surface area contributed by atoms with E-state index >= 15 is 0 Å². The molecule has 2 aromatic carbocycles. The molecule has 1 aliphatic heterocycles. The number of hydrogen-bond donors (Lipinski definition) is 2.